The van der Waals surface area contributed by atoms with Crippen LogP contribution in [0.3, 0.4) is 0 Å². The van der Waals surface area contributed by atoms with Crippen LogP contribution in [0, 0.1) is 0 Å². The molecule has 1 aromatic carbocycles. The van der Waals surface area contributed by atoms with E-state index in [4.69, 9.17) is 9.47 Å². The van der Waals surface area contributed by atoms with Crippen molar-refractivity contribution in [2.45, 2.75) is 6.04 Å². The molecular weight excluding hydrogens is 368 g/mol. The Labute approximate surface area is 167 Å². The van der Waals surface area contributed by atoms with Gasteiger partial charge in [-0.05, 0) is 12.1 Å². The average molecular weight is 388 g/mol. The number of rotatable bonds is 7. The molecule has 3 heterocycles. The van der Waals surface area contributed by atoms with E-state index >= 15 is 0 Å². The lowest BCUT2D eigenvalue weighted by molar-refractivity contribution is 0.0971. The third-order valence-electron chi connectivity index (χ3n) is 4.68. The second kappa shape index (κ2) is 8.02. The van der Waals surface area contributed by atoms with Crippen LogP contribution in [0.15, 0.2) is 67.3 Å². The zero-order valence-corrected chi connectivity index (χ0v) is 16.0. The zero-order chi connectivity index (χ0) is 20.2. The average Bonchev–Trinajstić information content (AvgIpc) is 3.21. The van der Waals surface area contributed by atoms with Gasteiger partial charge < -0.3 is 19.8 Å². The van der Waals surface area contributed by atoms with Crippen LogP contribution in [-0.4, -0.2) is 35.0 Å². The highest BCUT2D eigenvalue weighted by Gasteiger charge is 2.25. The van der Waals surface area contributed by atoms with Crippen LogP contribution in [0.1, 0.15) is 22.0 Å². The van der Waals surface area contributed by atoms with Crippen molar-refractivity contribution >= 4 is 22.4 Å². The maximum absolute atomic E-state index is 13.5. The van der Waals surface area contributed by atoms with Crippen molar-refractivity contribution in [2.75, 3.05) is 19.5 Å². The van der Waals surface area contributed by atoms with Crippen LogP contribution < -0.4 is 14.8 Å². The summed E-state index contributed by atoms with van der Waals surface area (Å²) in [6, 6.07) is 12.4. The number of ether oxygens (including phenoxy) is 2. The number of aromatic nitrogens is 3. The quantitative estimate of drug-likeness (QED) is 0.465. The first-order valence-electron chi connectivity index (χ1n) is 9.05. The van der Waals surface area contributed by atoms with Crippen molar-refractivity contribution < 1.29 is 14.3 Å². The number of para-hydroxylation sites is 1. The van der Waals surface area contributed by atoms with Crippen LogP contribution in [-0.2, 0) is 0 Å². The Hall–Kier alpha value is -3.87. The number of anilines is 1. The van der Waals surface area contributed by atoms with E-state index in [2.05, 4.69) is 20.3 Å². The maximum atomic E-state index is 13.5. The normalized spacial score (nSPS) is 11.8. The van der Waals surface area contributed by atoms with Crippen molar-refractivity contribution in [3.05, 3.63) is 78.4 Å². The molecule has 1 atom stereocenters. The van der Waals surface area contributed by atoms with Gasteiger partial charge in [-0.2, -0.15) is 0 Å². The number of nitrogens with zero attached hydrogens (tertiary/aromatic N) is 2. The Kier molecular flexibility index (Phi) is 5.11. The molecule has 0 amide bonds. The summed E-state index contributed by atoms with van der Waals surface area (Å²) in [5.41, 5.74) is 2.89. The van der Waals surface area contributed by atoms with Crippen molar-refractivity contribution in [1.29, 1.82) is 0 Å². The number of Topliss-reactive ketones (excluding diaryl/α,β-unsaturated/α-hetero) is 1. The second-order valence-corrected chi connectivity index (χ2v) is 6.44. The summed E-state index contributed by atoms with van der Waals surface area (Å²) >= 11 is 0. The van der Waals surface area contributed by atoms with E-state index in [1.54, 1.807) is 51.1 Å². The molecule has 3 aromatic heterocycles. The van der Waals surface area contributed by atoms with Gasteiger partial charge in [0.05, 0.1) is 32.3 Å². The standard InChI is InChI=1S/C22H20N4O3/c1-28-16-9-15(11-23-12-16)26-21(14-7-8-20(29-2)25-10-14)22(27)18-13-24-19-6-4-3-5-17(18)19/h3-13,21,24,26H,1-2H3. The van der Waals surface area contributed by atoms with E-state index in [0.717, 1.165) is 10.9 Å². The van der Waals surface area contributed by atoms with Gasteiger partial charge in [0.2, 0.25) is 5.88 Å². The number of fused-ring (bicyclic) bond motifs is 1. The fourth-order valence-electron chi connectivity index (χ4n) is 3.19. The summed E-state index contributed by atoms with van der Waals surface area (Å²) in [6.45, 7) is 0. The summed E-state index contributed by atoms with van der Waals surface area (Å²) in [4.78, 5) is 25.1. The number of hydrogen-bond donors (Lipinski definition) is 2. The molecule has 7 heteroatoms. The SMILES string of the molecule is COc1cncc(NC(C(=O)c2c[nH]c3ccccc23)c2ccc(OC)nc2)c1. The highest BCUT2D eigenvalue weighted by atomic mass is 16.5. The van der Waals surface area contributed by atoms with Crippen LogP contribution in [0.25, 0.3) is 10.9 Å². The maximum Gasteiger partial charge on any atom is 0.212 e. The van der Waals surface area contributed by atoms with Gasteiger partial charge in [-0.25, -0.2) is 4.98 Å². The molecule has 0 bridgehead atoms. The monoisotopic (exact) mass is 388 g/mol. The highest BCUT2D eigenvalue weighted by molar-refractivity contribution is 6.11. The number of hydrogen-bond acceptors (Lipinski definition) is 6. The summed E-state index contributed by atoms with van der Waals surface area (Å²) in [5.74, 6) is 0.994. The first-order valence-corrected chi connectivity index (χ1v) is 9.05. The summed E-state index contributed by atoms with van der Waals surface area (Å²) in [6.07, 6.45) is 6.63. The Morgan fingerprint density at radius 1 is 1.07 bits per heavy atom. The summed E-state index contributed by atoms with van der Waals surface area (Å²) < 4.78 is 10.4. The molecule has 0 aliphatic heterocycles. The molecule has 0 aliphatic rings. The topological polar surface area (TPSA) is 89.1 Å². The molecule has 0 aliphatic carbocycles. The van der Waals surface area contributed by atoms with E-state index in [1.807, 2.05) is 30.3 Å². The van der Waals surface area contributed by atoms with Gasteiger partial charge >= 0.3 is 0 Å². The molecule has 146 valence electrons. The van der Waals surface area contributed by atoms with Gasteiger partial charge in [0, 0.05) is 46.6 Å². The van der Waals surface area contributed by atoms with Crippen LogP contribution in [0.5, 0.6) is 11.6 Å². The van der Waals surface area contributed by atoms with Gasteiger partial charge in [-0.3, -0.25) is 9.78 Å². The lowest BCUT2D eigenvalue weighted by Crippen LogP contribution is -2.21. The van der Waals surface area contributed by atoms with Crippen LogP contribution in [0.2, 0.25) is 0 Å². The van der Waals surface area contributed by atoms with Crippen molar-refractivity contribution in [3.8, 4) is 11.6 Å². The largest absolute Gasteiger partial charge is 0.495 e. The Balaban J connectivity index is 1.75. The number of aromatic amines is 1. The number of methoxy groups -OCH3 is 2. The molecule has 0 saturated carbocycles. The number of carbonyl (C=O) groups excluding carboxylic acids is 1. The predicted octanol–water partition coefficient (Wildman–Crippen LogP) is 4.01. The minimum Gasteiger partial charge on any atom is -0.495 e. The van der Waals surface area contributed by atoms with E-state index < -0.39 is 6.04 Å². The molecule has 0 fully saturated rings. The number of H-pyrrole nitrogens is 1. The number of ketones is 1. The van der Waals surface area contributed by atoms with Gasteiger partial charge in [-0.1, -0.05) is 18.2 Å². The van der Waals surface area contributed by atoms with E-state index in [9.17, 15) is 4.79 Å². The van der Waals surface area contributed by atoms with Crippen LogP contribution >= 0.6 is 0 Å². The smallest absolute Gasteiger partial charge is 0.212 e. The van der Waals surface area contributed by atoms with Gasteiger partial charge in [0.1, 0.15) is 11.8 Å². The first-order chi connectivity index (χ1) is 14.2. The Morgan fingerprint density at radius 3 is 2.69 bits per heavy atom. The molecular formula is C22H20N4O3. The molecule has 4 aromatic rings. The zero-order valence-electron chi connectivity index (χ0n) is 16.0. The van der Waals surface area contributed by atoms with E-state index in [-0.39, 0.29) is 5.78 Å². The predicted molar refractivity (Wildman–Crippen MR) is 111 cm³/mol. The second-order valence-electron chi connectivity index (χ2n) is 6.44. The molecule has 29 heavy (non-hydrogen) atoms. The molecule has 0 radical (unpaired) electrons. The Bertz CT molecular complexity index is 1140. The minimum atomic E-state index is -0.665. The third-order valence-corrected chi connectivity index (χ3v) is 4.68. The highest BCUT2D eigenvalue weighted by Crippen LogP contribution is 2.28. The molecule has 7 nitrogen and oxygen atoms in total. The number of pyridine rings is 2. The van der Waals surface area contributed by atoms with E-state index in [1.165, 1.54) is 0 Å². The number of carbonyl (C=O) groups is 1. The van der Waals surface area contributed by atoms with Gasteiger partial charge in [0.15, 0.2) is 5.78 Å². The molecule has 1 unspecified atom stereocenters. The van der Waals surface area contributed by atoms with Crippen LogP contribution in [0.4, 0.5) is 5.69 Å². The lowest BCUT2D eigenvalue weighted by atomic mass is 9.98. The fourth-order valence-corrected chi connectivity index (χ4v) is 3.19. The first kappa shape index (κ1) is 18.5. The van der Waals surface area contributed by atoms with E-state index in [0.29, 0.717) is 28.4 Å². The van der Waals surface area contributed by atoms with Gasteiger partial charge in [0.25, 0.3) is 0 Å². The molecule has 2 N–H and O–H groups in total. The number of nitrogens with one attached hydrogen (secondary N) is 2. The summed E-state index contributed by atoms with van der Waals surface area (Å²) in [7, 11) is 3.12. The fraction of sp³-hybridized carbons (Fsp3) is 0.136. The summed E-state index contributed by atoms with van der Waals surface area (Å²) in [5, 5.41) is 4.14. The minimum absolute atomic E-state index is 0.0859. The number of benzene rings is 1. The molecule has 0 saturated heterocycles. The molecule has 0 spiro atoms. The third kappa shape index (κ3) is 3.75. The van der Waals surface area contributed by atoms with Crippen molar-refractivity contribution in [1.82, 2.24) is 15.0 Å². The van der Waals surface area contributed by atoms with Crippen molar-refractivity contribution in [3.63, 3.8) is 0 Å². The van der Waals surface area contributed by atoms with Gasteiger partial charge in [-0.15, -0.1) is 0 Å². The Morgan fingerprint density at radius 2 is 1.93 bits per heavy atom. The van der Waals surface area contributed by atoms with Crippen molar-refractivity contribution in [2.24, 2.45) is 0 Å². The molecule has 4 rings (SSSR count). The lowest BCUT2D eigenvalue weighted by Gasteiger charge is -2.19.